The molecular formula is C13H15F2N3O2S. The van der Waals surface area contributed by atoms with E-state index in [0.29, 0.717) is 6.07 Å². The molecular weight excluding hydrogens is 300 g/mol. The van der Waals surface area contributed by atoms with Gasteiger partial charge in [-0.1, -0.05) is 19.9 Å². The predicted octanol–water partition coefficient (Wildman–Crippen LogP) is 2.75. The predicted molar refractivity (Wildman–Crippen MR) is 75.3 cm³/mol. The first-order chi connectivity index (χ1) is 9.77. The standard InChI is InChI=1S/C13H15F2N3O2S/c1-8(2)12-6-13(17-16-12)18-21(19,20)7-9-3-4-10(14)5-11(9)15/h3-6,8H,7H2,1-2H3,(H2,16,17,18). The monoisotopic (exact) mass is 315 g/mol. The molecule has 1 aromatic carbocycles. The molecule has 0 unspecified atom stereocenters. The number of anilines is 1. The lowest BCUT2D eigenvalue weighted by Crippen LogP contribution is -2.16. The summed E-state index contributed by atoms with van der Waals surface area (Å²) in [6.45, 7) is 3.86. The minimum atomic E-state index is -3.83. The lowest BCUT2D eigenvalue weighted by Gasteiger charge is -2.06. The van der Waals surface area contributed by atoms with Crippen LogP contribution in [0.4, 0.5) is 14.6 Å². The van der Waals surface area contributed by atoms with E-state index in [-0.39, 0.29) is 17.3 Å². The summed E-state index contributed by atoms with van der Waals surface area (Å²) in [5.74, 6) is -1.93. The number of hydrogen-bond acceptors (Lipinski definition) is 3. The SMILES string of the molecule is CC(C)c1cc(NS(=O)(=O)Cc2ccc(F)cc2F)n[nH]1. The third-order valence-electron chi connectivity index (χ3n) is 2.84. The van der Waals surface area contributed by atoms with Crippen LogP contribution in [0.2, 0.25) is 0 Å². The quantitative estimate of drug-likeness (QED) is 0.891. The summed E-state index contributed by atoms with van der Waals surface area (Å²) in [6.07, 6.45) is 0. The number of hydrogen-bond donors (Lipinski definition) is 2. The molecule has 0 aliphatic rings. The lowest BCUT2D eigenvalue weighted by molar-refractivity contribution is 0.570. The average molecular weight is 315 g/mol. The highest BCUT2D eigenvalue weighted by molar-refractivity contribution is 7.91. The summed E-state index contributed by atoms with van der Waals surface area (Å²) in [5, 5.41) is 6.54. The molecule has 1 aromatic heterocycles. The van der Waals surface area contributed by atoms with Crippen molar-refractivity contribution in [3.8, 4) is 0 Å². The number of aromatic amines is 1. The van der Waals surface area contributed by atoms with Gasteiger partial charge < -0.3 is 0 Å². The third kappa shape index (κ3) is 4.01. The molecule has 0 saturated heterocycles. The van der Waals surface area contributed by atoms with Crippen LogP contribution in [-0.2, 0) is 15.8 Å². The zero-order valence-corrected chi connectivity index (χ0v) is 12.3. The average Bonchev–Trinajstić information content (AvgIpc) is 2.80. The lowest BCUT2D eigenvalue weighted by atomic mass is 10.1. The van der Waals surface area contributed by atoms with Gasteiger partial charge in [-0.05, 0) is 12.0 Å². The Morgan fingerprint density at radius 2 is 2.00 bits per heavy atom. The number of nitrogens with one attached hydrogen (secondary N) is 2. The van der Waals surface area contributed by atoms with Crippen LogP contribution in [0.15, 0.2) is 24.3 Å². The summed E-state index contributed by atoms with van der Waals surface area (Å²) in [4.78, 5) is 0. The van der Waals surface area contributed by atoms with Crippen molar-refractivity contribution in [2.45, 2.75) is 25.5 Å². The van der Waals surface area contributed by atoms with Gasteiger partial charge >= 0.3 is 0 Å². The Morgan fingerprint density at radius 3 is 2.57 bits per heavy atom. The van der Waals surface area contributed by atoms with Crippen molar-refractivity contribution in [3.63, 3.8) is 0 Å². The Kier molecular flexibility index (Phi) is 4.26. The van der Waals surface area contributed by atoms with Gasteiger partial charge in [-0.3, -0.25) is 9.82 Å². The fraction of sp³-hybridized carbons (Fsp3) is 0.308. The first-order valence-electron chi connectivity index (χ1n) is 6.26. The normalized spacial score (nSPS) is 11.9. The summed E-state index contributed by atoms with van der Waals surface area (Å²) >= 11 is 0. The van der Waals surface area contributed by atoms with Crippen LogP contribution in [-0.4, -0.2) is 18.6 Å². The first-order valence-corrected chi connectivity index (χ1v) is 7.92. The van der Waals surface area contributed by atoms with E-state index in [9.17, 15) is 17.2 Å². The number of halogens is 2. The van der Waals surface area contributed by atoms with E-state index < -0.39 is 27.4 Å². The van der Waals surface area contributed by atoms with Gasteiger partial charge in [0, 0.05) is 23.4 Å². The Morgan fingerprint density at radius 1 is 1.29 bits per heavy atom. The summed E-state index contributed by atoms with van der Waals surface area (Å²) in [5.41, 5.74) is 0.671. The number of sulfonamides is 1. The Balaban J connectivity index is 2.14. The molecule has 0 fully saturated rings. The molecule has 2 rings (SSSR count). The van der Waals surface area contributed by atoms with Gasteiger partial charge in [0.2, 0.25) is 10.0 Å². The molecule has 2 aromatic rings. The third-order valence-corrected chi connectivity index (χ3v) is 4.05. The van der Waals surface area contributed by atoms with Gasteiger partial charge in [-0.15, -0.1) is 0 Å². The second-order valence-corrected chi connectivity index (χ2v) is 6.68. The van der Waals surface area contributed by atoms with Crippen LogP contribution in [0.3, 0.4) is 0 Å². The molecule has 0 saturated carbocycles. The maximum absolute atomic E-state index is 13.5. The molecule has 0 spiro atoms. The first kappa shape index (κ1) is 15.4. The van der Waals surface area contributed by atoms with Crippen LogP contribution >= 0.6 is 0 Å². The molecule has 8 heteroatoms. The zero-order valence-electron chi connectivity index (χ0n) is 11.5. The van der Waals surface area contributed by atoms with Crippen molar-refractivity contribution in [1.29, 1.82) is 0 Å². The number of nitrogens with zero attached hydrogens (tertiary/aromatic N) is 1. The zero-order chi connectivity index (χ0) is 15.6. The maximum atomic E-state index is 13.5. The number of benzene rings is 1. The van der Waals surface area contributed by atoms with Crippen LogP contribution in [0.1, 0.15) is 31.0 Å². The van der Waals surface area contributed by atoms with Crippen molar-refractivity contribution in [2.75, 3.05) is 4.72 Å². The molecule has 0 radical (unpaired) electrons. The van der Waals surface area contributed by atoms with Crippen LogP contribution < -0.4 is 4.72 Å². The molecule has 0 bridgehead atoms. The fourth-order valence-electron chi connectivity index (χ4n) is 1.72. The van der Waals surface area contributed by atoms with Crippen LogP contribution in [0, 0.1) is 11.6 Å². The smallest absolute Gasteiger partial charge is 0.238 e. The van der Waals surface area contributed by atoms with Crippen LogP contribution in [0.5, 0.6) is 0 Å². The summed E-state index contributed by atoms with van der Waals surface area (Å²) < 4.78 is 52.4. The highest BCUT2D eigenvalue weighted by Crippen LogP contribution is 2.18. The second kappa shape index (κ2) is 5.80. The number of aromatic nitrogens is 2. The van der Waals surface area contributed by atoms with Gasteiger partial charge in [0.1, 0.15) is 11.6 Å². The largest absolute Gasteiger partial charge is 0.280 e. The topological polar surface area (TPSA) is 74.8 Å². The molecule has 0 aliphatic carbocycles. The minimum absolute atomic E-state index is 0.108. The van der Waals surface area contributed by atoms with Gasteiger partial charge in [-0.25, -0.2) is 17.2 Å². The molecule has 5 nitrogen and oxygen atoms in total. The molecule has 21 heavy (non-hydrogen) atoms. The summed E-state index contributed by atoms with van der Waals surface area (Å²) in [7, 11) is -3.83. The Labute approximate surface area is 121 Å². The van der Waals surface area contributed by atoms with Crippen molar-refractivity contribution < 1.29 is 17.2 Å². The molecule has 0 amide bonds. The Bertz CT molecular complexity index is 742. The van der Waals surface area contributed by atoms with Gasteiger partial charge in [-0.2, -0.15) is 5.10 Å². The van der Waals surface area contributed by atoms with E-state index in [1.807, 2.05) is 13.8 Å². The van der Waals surface area contributed by atoms with Crippen LogP contribution in [0.25, 0.3) is 0 Å². The van der Waals surface area contributed by atoms with E-state index in [1.165, 1.54) is 0 Å². The second-order valence-electron chi connectivity index (χ2n) is 4.96. The fourth-order valence-corrected chi connectivity index (χ4v) is 2.86. The maximum Gasteiger partial charge on any atom is 0.238 e. The minimum Gasteiger partial charge on any atom is -0.280 e. The van der Waals surface area contributed by atoms with E-state index in [4.69, 9.17) is 0 Å². The number of H-pyrrole nitrogens is 1. The molecule has 1 heterocycles. The van der Waals surface area contributed by atoms with Crippen molar-refractivity contribution in [2.24, 2.45) is 0 Å². The van der Waals surface area contributed by atoms with Crippen molar-refractivity contribution >= 4 is 15.8 Å². The van der Waals surface area contributed by atoms with Gasteiger partial charge in [0.05, 0.1) is 5.75 Å². The Hall–Kier alpha value is -1.96. The number of rotatable bonds is 5. The van der Waals surface area contributed by atoms with E-state index in [1.54, 1.807) is 6.07 Å². The van der Waals surface area contributed by atoms with E-state index in [0.717, 1.165) is 17.8 Å². The highest BCUT2D eigenvalue weighted by atomic mass is 32.2. The molecule has 114 valence electrons. The van der Waals surface area contributed by atoms with E-state index >= 15 is 0 Å². The van der Waals surface area contributed by atoms with Gasteiger partial charge in [0.15, 0.2) is 5.82 Å². The molecule has 0 atom stereocenters. The van der Waals surface area contributed by atoms with Gasteiger partial charge in [0.25, 0.3) is 0 Å². The van der Waals surface area contributed by atoms with Crippen molar-refractivity contribution in [3.05, 3.63) is 47.2 Å². The van der Waals surface area contributed by atoms with Crippen molar-refractivity contribution in [1.82, 2.24) is 10.2 Å². The molecule has 0 aliphatic heterocycles. The van der Waals surface area contributed by atoms with E-state index in [2.05, 4.69) is 14.9 Å². The molecule has 2 N–H and O–H groups in total. The summed E-state index contributed by atoms with van der Waals surface area (Å²) in [6, 6.07) is 4.34. The highest BCUT2D eigenvalue weighted by Gasteiger charge is 2.17.